The summed E-state index contributed by atoms with van der Waals surface area (Å²) < 4.78 is 55.5. The molecule has 96 valence electrons. The maximum absolute atomic E-state index is 13.2. The average molecular weight is 316 g/mol. The summed E-state index contributed by atoms with van der Waals surface area (Å²) in [6.45, 7) is -1.29. The lowest BCUT2D eigenvalue weighted by Crippen LogP contribution is -2.35. The van der Waals surface area contributed by atoms with Gasteiger partial charge < -0.3 is 10.5 Å². The Morgan fingerprint density at radius 1 is 1.35 bits per heavy atom. The first kappa shape index (κ1) is 14.2. The third-order valence-electron chi connectivity index (χ3n) is 2.08. The minimum atomic E-state index is -4.44. The number of hydrogen-bond acceptors (Lipinski definition) is 2. The minimum Gasteiger partial charge on any atom is -0.490 e. The second-order valence-corrected chi connectivity index (χ2v) is 4.28. The average Bonchev–Trinajstić information content (AvgIpc) is 2.19. The Kier molecular flexibility index (Phi) is 4.76. The number of hydrogen-bond donors (Lipinski definition) is 1. The van der Waals surface area contributed by atoms with Gasteiger partial charge in [0, 0.05) is 11.0 Å². The highest BCUT2D eigenvalue weighted by Crippen LogP contribution is 2.27. The number of rotatable bonds is 4. The van der Waals surface area contributed by atoms with Crippen molar-refractivity contribution in [1.82, 2.24) is 0 Å². The van der Waals surface area contributed by atoms with Gasteiger partial charge >= 0.3 is 6.18 Å². The molecule has 2 N–H and O–H groups in total. The number of ether oxygens (including phenoxy) is 1. The maximum atomic E-state index is 13.2. The molecule has 1 aromatic rings. The zero-order valence-corrected chi connectivity index (χ0v) is 10.2. The smallest absolute Gasteiger partial charge is 0.396 e. The molecule has 1 aromatic carbocycles. The van der Waals surface area contributed by atoms with E-state index < -0.39 is 31.1 Å². The molecule has 0 radical (unpaired) electrons. The van der Waals surface area contributed by atoms with Crippen LogP contribution >= 0.6 is 15.9 Å². The van der Waals surface area contributed by atoms with Crippen molar-refractivity contribution < 1.29 is 22.3 Å². The molecule has 0 fully saturated rings. The first-order chi connectivity index (χ1) is 7.84. The van der Waals surface area contributed by atoms with Crippen molar-refractivity contribution >= 4 is 15.9 Å². The standard InChI is InChI=1S/C10H10BrF4NO/c11-7-1-2-9(8(12)3-7)17-5-6(4-16)10(13,14)15/h1-3,6H,4-5,16H2. The van der Waals surface area contributed by atoms with Crippen LogP contribution in [0.1, 0.15) is 0 Å². The molecule has 0 spiro atoms. The molecule has 0 amide bonds. The van der Waals surface area contributed by atoms with E-state index in [2.05, 4.69) is 15.9 Å². The molecular weight excluding hydrogens is 306 g/mol. The highest BCUT2D eigenvalue weighted by Gasteiger charge is 2.39. The van der Waals surface area contributed by atoms with Crippen molar-refractivity contribution in [1.29, 1.82) is 0 Å². The molecule has 0 aliphatic heterocycles. The number of alkyl halides is 3. The van der Waals surface area contributed by atoms with Crippen LogP contribution in [-0.4, -0.2) is 19.3 Å². The van der Waals surface area contributed by atoms with Gasteiger partial charge in [0.05, 0.1) is 0 Å². The van der Waals surface area contributed by atoms with Crippen LogP contribution in [0.3, 0.4) is 0 Å². The van der Waals surface area contributed by atoms with Gasteiger partial charge in [-0.15, -0.1) is 0 Å². The van der Waals surface area contributed by atoms with E-state index >= 15 is 0 Å². The fourth-order valence-corrected chi connectivity index (χ4v) is 1.41. The largest absolute Gasteiger partial charge is 0.490 e. The van der Waals surface area contributed by atoms with E-state index in [1.807, 2.05) is 0 Å². The Morgan fingerprint density at radius 2 is 2.00 bits per heavy atom. The van der Waals surface area contributed by atoms with Crippen LogP contribution in [-0.2, 0) is 0 Å². The monoisotopic (exact) mass is 315 g/mol. The molecule has 17 heavy (non-hydrogen) atoms. The SMILES string of the molecule is NCC(COc1ccc(Br)cc1F)C(F)(F)F. The summed E-state index contributed by atoms with van der Waals surface area (Å²) in [7, 11) is 0. The van der Waals surface area contributed by atoms with Crippen LogP contribution in [0.15, 0.2) is 22.7 Å². The minimum absolute atomic E-state index is 0.226. The van der Waals surface area contributed by atoms with Crippen LogP contribution < -0.4 is 10.5 Å². The van der Waals surface area contributed by atoms with Crippen LogP contribution in [0, 0.1) is 11.7 Å². The molecule has 0 saturated carbocycles. The molecule has 0 saturated heterocycles. The van der Waals surface area contributed by atoms with Crippen molar-refractivity contribution in [2.45, 2.75) is 6.18 Å². The maximum Gasteiger partial charge on any atom is 0.396 e. The predicted octanol–water partition coefficient (Wildman–Crippen LogP) is 3.10. The quantitative estimate of drug-likeness (QED) is 0.867. The highest BCUT2D eigenvalue weighted by atomic mass is 79.9. The lowest BCUT2D eigenvalue weighted by molar-refractivity contribution is -0.178. The summed E-state index contributed by atoms with van der Waals surface area (Å²) in [5, 5.41) is 0. The Hall–Kier alpha value is -0.820. The second-order valence-electron chi connectivity index (χ2n) is 3.36. The summed E-state index contributed by atoms with van der Waals surface area (Å²) in [4.78, 5) is 0. The number of halogens is 5. The lowest BCUT2D eigenvalue weighted by atomic mass is 10.1. The van der Waals surface area contributed by atoms with Gasteiger partial charge in [0.1, 0.15) is 12.5 Å². The van der Waals surface area contributed by atoms with Crippen molar-refractivity contribution in [3.05, 3.63) is 28.5 Å². The summed E-state index contributed by atoms with van der Waals surface area (Å²) in [6, 6.07) is 3.84. The molecular formula is C10H10BrF4NO. The van der Waals surface area contributed by atoms with Crippen LogP contribution in [0.4, 0.5) is 17.6 Å². The van der Waals surface area contributed by atoms with Crippen LogP contribution in [0.25, 0.3) is 0 Å². The van der Waals surface area contributed by atoms with Gasteiger partial charge in [-0.1, -0.05) is 15.9 Å². The van der Waals surface area contributed by atoms with E-state index in [9.17, 15) is 17.6 Å². The Labute approximate surface area is 104 Å². The van der Waals surface area contributed by atoms with Gasteiger partial charge in [-0.3, -0.25) is 0 Å². The van der Waals surface area contributed by atoms with E-state index in [0.717, 1.165) is 6.07 Å². The Morgan fingerprint density at radius 3 is 2.47 bits per heavy atom. The van der Waals surface area contributed by atoms with E-state index in [1.165, 1.54) is 12.1 Å². The molecule has 0 aromatic heterocycles. The van der Waals surface area contributed by atoms with Crippen molar-refractivity contribution in [3.63, 3.8) is 0 Å². The fourth-order valence-electron chi connectivity index (χ4n) is 1.08. The van der Waals surface area contributed by atoms with Gasteiger partial charge in [-0.2, -0.15) is 13.2 Å². The third-order valence-corrected chi connectivity index (χ3v) is 2.57. The van der Waals surface area contributed by atoms with Gasteiger partial charge in [-0.25, -0.2) is 4.39 Å². The van der Waals surface area contributed by atoms with Crippen molar-refractivity contribution in [2.75, 3.05) is 13.2 Å². The van der Waals surface area contributed by atoms with Gasteiger partial charge in [0.2, 0.25) is 0 Å². The first-order valence-corrected chi connectivity index (χ1v) is 5.48. The van der Waals surface area contributed by atoms with Crippen LogP contribution in [0.2, 0.25) is 0 Å². The topological polar surface area (TPSA) is 35.2 Å². The molecule has 1 rings (SSSR count). The molecule has 2 nitrogen and oxygen atoms in total. The molecule has 1 atom stereocenters. The van der Waals surface area contributed by atoms with Gasteiger partial charge in [0.25, 0.3) is 0 Å². The van der Waals surface area contributed by atoms with E-state index in [-0.39, 0.29) is 5.75 Å². The van der Waals surface area contributed by atoms with E-state index in [1.54, 1.807) is 0 Å². The molecule has 0 bridgehead atoms. The summed E-state index contributed by atoms with van der Waals surface area (Å²) >= 11 is 3.03. The molecule has 7 heteroatoms. The molecule has 0 aliphatic carbocycles. The first-order valence-electron chi connectivity index (χ1n) is 4.69. The van der Waals surface area contributed by atoms with Crippen LogP contribution in [0.5, 0.6) is 5.75 Å². The van der Waals surface area contributed by atoms with Gasteiger partial charge in [-0.05, 0) is 18.2 Å². The lowest BCUT2D eigenvalue weighted by Gasteiger charge is -2.19. The third kappa shape index (κ3) is 4.16. The van der Waals surface area contributed by atoms with E-state index in [0.29, 0.717) is 4.47 Å². The fraction of sp³-hybridized carbons (Fsp3) is 0.400. The van der Waals surface area contributed by atoms with E-state index in [4.69, 9.17) is 10.5 Å². The summed E-state index contributed by atoms with van der Waals surface area (Å²) in [5.74, 6) is -2.75. The molecule has 1 unspecified atom stereocenters. The van der Waals surface area contributed by atoms with Gasteiger partial charge in [0.15, 0.2) is 11.6 Å². The second kappa shape index (κ2) is 5.68. The zero-order chi connectivity index (χ0) is 13.1. The highest BCUT2D eigenvalue weighted by molar-refractivity contribution is 9.10. The Balaban J connectivity index is 2.66. The van der Waals surface area contributed by atoms with Crippen molar-refractivity contribution in [3.8, 4) is 5.75 Å². The number of nitrogens with two attached hydrogens (primary N) is 1. The molecule has 0 aliphatic rings. The number of benzene rings is 1. The zero-order valence-electron chi connectivity index (χ0n) is 8.60. The van der Waals surface area contributed by atoms with Crippen molar-refractivity contribution in [2.24, 2.45) is 11.7 Å². The summed E-state index contributed by atoms with van der Waals surface area (Å²) in [5.41, 5.74) is 4.98. The Bertz CT molecular complexity index is 383. The predicted molar refractivity (Wildman–Crippen MR) is 58.2 cm³/mol. The molecule has 0 heterocycles. The normalized spacial score (nSPS) is 13.5. The summed E-state index contributed by atoms with van der Waals surface area (Å²) in [6.07, 6.45) is -4.44.